The van der Waals surface area contributed by atoms with Crippen LogP contribution < -0.4 is 21.3 Å². The van der Waals surface area contributed by atoms with Crippen LogP contribution in [0.1, 0.15) is 28.9 Å². The van der Waals surface area contributed by atoms with E-state index in [1.807, 2.05) is 11.0 Å². The van der Waals surface area contributed by atoms with Gasteiger partial charge in [-0.1, -0.05) is 6.07 Å². The summed E-state index contributed by atoms with van der Waals surface area (Å²) in [6, 6.07) is 5.63. The second-order valence-electron chi connectivity index (χ2n) is 9.03. The van der Waals surface area contributed by atoms with Gasteiger partial charge in [0.2, 0.25) is 5.88 Å². The van der Waals surface area contributed by atoms with Crippen molar-refractivity contribution in [3.8, 4) is 5.88 Å². The minimum atomic E-state index is -1.15. The molecule has 3 N–H and O–H groups in total. The highest BCUT2D eigenvalue weighted by atomic mass is 19.2. The zero-order valence-corrected chi connectivity index (χ0v) is 19.5. The summed E-state index contributed by atoms with van der Waals surface area (Å²) in [5, 5.41) is 14.9. The molecule has 1 amide bonds. The lowest BCUT2D eigenvalue weighted by Crippen LogP contribution is -2.49. The van der Waals surface area contributed by atoms with Crippen molar-refractivity contribution in [1.29, 1.82) is 0 Å². The molecule has 1 saturated carbocycles. The number of carbonyl (C=O) groups excluding carboxylic acids is 1. The Kier molecular flexibility index (Phi) is 5.46. The summed E-state index contributed by atoms with van der Waals surface area (Å²) >= 11 is 0. The largest absolute Gasteiger partial charge is 0.493 e. The van der Waals surface area contributed by atoms with E-state index < -0.39 is 23.2 Å². The zero-order valence-electron chi connectivity index (χ0n) is 19.5. The summed E-state index contributed by atoms with van der Waals surface area (Å²) < 4.78 is 29.4. The molecule has 1 aliphatic carbocycles. The zero-order chi connectivity index (χ0) is 25.7. The predicted molar refractivity (Wildman–Crippen MR) is 128 cm³/mol. The Hall–Kier alpha value is -4.55. The fourth-order valence-corrected chi connectivity index (χ4v) is 4.32. The summed E-state index contributed by atoms with van der Waals surface area (Å²) in [5.41, 5.74) is 0.477. The van der Waals surface area contributed by atoms with Crippen LogP contribution in [0.25, 0.3) is 11.7 Å². The number of piperazine rings is 1. The number of anilines is 1. The molecule has 0 spiro atoms. The molecule has 1 aliphatic heterocycles. The molecule has 0 atom stereocenters. The van der Waals surface area contributed by atoms with Crippen molar-refractivity contribution in [3.05, 3.63) is 74.5 Å². The molecule has 4 heterocycles. The molecule has 2 aliphatic rings. The van der Waals surface area contributed by atoms with Crippen LogP contribution in [-0.4, -0.2) is 72.7 Å². The van der Waals surface area contributed by atoms with Gasteiger partial charge in [0.15, 0.2) is 22.8 Å². The lowest BCUT2D eigenvalue weighted by molar-refractivity contribution is 0.0740. The van der Waals surface area contributed by atoms with Crippen molar-refractivity contribution < 1.29 is 18.7 Å². The normalized spacial score (nSPS) is 17.2. The van der Waals surface area contributed by atoms with Gasteiger partial charge in [0, 0.05) is 37.5 Å². The van der Waals surface area contributed by atoms with E-state index in [0.717, 1.165) is 18.9 Å². The second-order valence-corrected chi connectivity index (χ2v) is 9.03. The predicted octanol–water partition coefficient (Wildman–Crippen LogP) is 0.303. The van der Waals surface area contributed by atoms with E-state index in [-0.39, 0.29) is 23.2 Å². The Bertz CT molecular complexity index is 1700. The number of benzene rings is 1. The lowest BCUT2D eigenvalue weighted by atomic mass is 10.1. The number of aromatic hydroxyl groups is 1. The number of carbonyl (C=O) groups is 1. The molecule has 11 nitrogen and oxygen atoms in total. The summed E-state index contributed by atoms with van der Waals surface area (Å²) in [5.74, 6) is -2.43. The average Bonchev–Trinajstić information content (AvgIpc) is 3.53. The molecule has 0 radical (unpaired) electrons. The topological polar surface area (TPSA) is 135 Å². The number of hydrogen-bond acceptors (Lipinski definition) is 7. The summed E-state index contributed by atoms with van der Waals surface area (Å²) in [7, 11) is 0. The number of nitrogens with one attached hydrogen (secondary N) is 2. The van der Waals surface area contributed by atoms with Gasteiger partial charge in [-0.3, -0.25) is 14.8 Å². The Labute approximate surface area is 207 Å². The van der Waals surface area contributed by atoms with Crippen LogP contribution in [0.3, 0.4) is 0 Å². The monoisotopic (exact) mass is 508 g/mol. The van der Waals surface area contributed by atoms with Gasteiger partial charge in [-0.25, -0.2) is 18.6 Å². The quantitative estimate of drug-likeness (QED) is 0.363. The number of aromatic amines is 2. The van der Waals surface area contributed by atoms with Gasteiger partial charge < -0.3 is 19.9 Å². The fourth-order valence-electron chi connectivity index (χ4n) is 4.32. The molecule has 3 aromatic heterocycles. The fraction of sp³-hybridized carbons (Fsp3) is 0.292. The van der Waals surface area contributed by atoms with Crippen LogP contribution in [-0.2, 0) is 0 Å². The van der Waals surface area contributed by atoms with Gasteiger partial charge in [0.25, 0.3) is 5.91 Å². The van der Waals surface area contributed by atoms with Crippen LogP contribution in [0.4, 0.5) is 14.6 Å². The molecular formula is C24H22F2N8O3. The molecule has 6 rings (SSSR count). The number of amides is 1. The Balaban J connectivity index is 1.32. The molecule has 0 bridgehead atoms. The van der Waals surface area contributed by atoms with Crippen LogP contribution in [0.5, 0.6) is 5.88 Å². The number of nitrogens with zero attached hydrogens (tertiary/aromatic N) is 6. The maximum Gasteiger partial charge on any atom is 0.326 e. The van der Waals surface area contributed by atoms with Gasteiger partial charge in [-0.2, -0.15) is 9.61 Å². The third-order valence-electron chi connectivity index (χ3n) is 6.44. The van der Waals surface area contributed by atoms with E-state index in [9.17, 15) is 23.5 Å². The molecular weight excluding hydrogens is 486 g/mol. The first-order chi connectivity index (χ1) is 17.9. The van der Waals surface area contributed by atoms with E-state index in [1.54, 1.807) is 16.8 Å². The number of rotatable bonds is 4. The lowest BCUT2D eigenvalue weighted by Gasteiger charge is -2.35. The number of halogens is 2. The van der Waals surface area contributed by atoms with Crippen molar-refractivity contribution in [2.45, 2.75) is 18.9 Å². The smallest absolute Gasteiger partial charge is 0.326 e. The van der Waals surface area contributed by atoms with Crippen molar-refractivity contribution in [1.82, 2.24) is 29.5 Å². The number of aromatic nitrogens is 5. The number of imidazole rings is 1. The SMILES string of the molecule is O=C(c1cccc(F)c1F)N1CCN(c2cc(=NC3CC3)n3ncc(=Cc4[nH]c(=O)[nH]c4O)c3n2)CC1. The molecule has 1 aromatic carbocycles. The first-order valence-corrected chi connectivity index (χ1v) is 11.8. The average molecular weight is 508 g/mol. The van der Waals surface area contributed by atoms with E-state index >= 15 is 0 Å². The van der Waals surface area contributed by atoms with Crippen molar-refractivity contribution in [3.63, 3.8) is 0 Å². The summed E-state index contributed by atoms with van der Waals surface area (Å²) in [6.07, 6.45) is 5.13. The molecule has 2 fully saturated rings. The molecule has 190 valence electrons. The molecule has 1 saturated heterocycles. The van der Waals surface area contributed by atoms with Crippen molar-refractivity contribution >= 4 is 23.4 Å². The van der Waals surface area contributed by atoms with Crippen LogP contribution in [0.2, 0.25) is 0 Å². The standard InChI is InChI=1S/C24H22F2N8O3/c25-16-3-1-2-15(20(16)26)23(36)33-8-6-32(7-9-33)18-11-19(28-14-4-5-14)34-21(30-18)13(12-27-34)10-17-22(35)31-24(37)29-17/h1-3,10-12,14,35H,4-9H2,(H2,29,31,37). The molecule has 0 unspecified atom stereocenters. The minimum absolute atomic E-state index is 0.199. The Morgan fingerprint density at radius 3 is 2.65 bits per heavy atom. The third-order valence-corrected chi connectivity index (χ3v) is 6.44. The van der Waals surface area contributed by atoms with Crippen LogP contribution in [0, 0.1) is 11.6 Å². The third kappa shape index (κ3) is 4.32. The van der Waals surface area contributed by atoms with Crippen molar-refractivity contribution in [2.75, 3.05) is 31.1 Å². The minimum Gasteiger partial charge on any atom is -0.493 e. The second kappa shape index (κ2) is 8.84. The molecule has 13 heteroatoms. The highest BCUT2D eigenvalue weighted by Crippen LogP contribution is 2.23. The van der Waals surface area contributed by atoms with E-state index in [4.69, 9.17) is 9.98 Å². The maximum atomic E-state index is 14.1. The Morgan fingerprint density at radius 2 is 1.95 bits per heavy atom. The number of hydrogen-bond donors (Lipinski definition) is 3. The van der Waals surface area contributed by atoms with Crippen molar-refractivity contribution in [2.24, 2.45) is 4.99 Å². The Morgan fingerprint density at radius 1 is 1.16 bits per heavy atom. The number of fused-ring (bicyclic) bond motifs is 1. The molecule has 37 heavy (non-hydrogen) atoms. The number of H-pyrrole nitrogens is 2. The summed E-state index contributed by atoms with van der Waals surface area (Å²) in [4.78, 5) is 42.1. The summed E-state index contributed by atoms with van der Waals surface area (Å²) in [6.45, 7) is 1.45. The van der Waals surface area contributed by atoms with Crippen LogP contribution in [0.15, 0.2) is 40.2 Å². The van der Waals surface area contributed by atoms with E-state index in [1.165, 1.54) is 17.0 Å². The first-order valence-electron chi connectivity index (χ1n) is 11.8. The van der Waals surface area contributed by atoms with Crippen LogP contribution >= 0.6 is 0 Å². The van der Waals surface area contributed by atoms with E-state index in [0.29, 0.717) is 48.4 Å². The molecule has 4 aromatic rings. The highest BCUT2D eigenvalue weighted by molar-refractivity contribution is 5.94. The van der Waals surface area contributed by atoms with Gasteiger partial charge in [-0.05, 0) is 31.1 Å². The van der Waals surface area contributed by atoms with Gasteiger partial charge in [0.05, 0.1) is 17.8 Å². The van der Waals surface area contributed by atoms with Gasteiger partial charge >= 0.3 is 5.69 Å². The highest BCUT2D eigenvalue weighted by Gasteiger charge is 2.26. The van der Waals surface area contributed by atoms with E-state index in [2.05, 4.69) is 15.1 Å². The first kappa shape index (κ1) is 22.9. The van der Waals surface area contributed by atoms with Gasteiger partial charge in [-0.15, -0.1) is 0 Å². The van der Waals surface area contributed by atoms with Gasteiger partial charge in [0.1, 0.15) is 11.5 Å². The maximum absolute atomic E-state index is 14.1.